The second kappa shape index (κ2) is 7.55. The van der Waals surface area contributed by atoms with Crippen molar-refractivity contribution in [1.82, 2.24) is 0 Å². The van der Waals surface area contributed by atoms with Gasteiger partial charge in [0.1, 0.15) is 0 Å². The van der Waals surface area contributed by atoms with E-state index in [0.29, 0.717) is 11.8 Å². The molecule has 2 saturated carbocycles. The Hall–Kier alpha value is -1.56. The van der Waals surface area contributed by atoms with E-state index in [-0.39, 0.29) is 0 Å². The largest absolute Gasteiger partial charge is 0.0622 e. The van der Waals surface area contributed by atoms with Gasteiger partial charge in [0.15, 0.2) is 0 Å². The fourth-order valence-electron chi connectivity index (χ4n) is 3.67. The van der Waals surface area contributed by atoms with Crippen molar-refractivity contribution in [2.45, 2.75) is 11.8 Å². The molecule has 10 radical (unpaired) electrons. The van der Waals surface area contributed by atoms with Crippen molar-refractivity contribution in [1.29, 1.82) is 0 Å². The molecule has 0 aliphatic heterocycles. The second-order valence-corrected chi connectivity index (χ2v) is 6.21. The fourth-order valence-corrected chi connectivity index (χ4v) is 3.67. The summed E-state index contributed by atoms with van der Waals surface area (Å²) < 4.78 is 0. The van der Waals surface area contributed by atoms with E-state index < -0.39 is 0 Å². The third-order valence-corrected chi connectivity index (χ3v) is 4.75. The van der Waals surface area contributed by atoms with Gasteiger partial charge in [-0.3, -0.25) is 0 Å². The molecule has 0 heterocycles. The zero-order valence-electron chi connectivity index (χ0n) is 13.5. The first-order valence-corrected chi connectivity index (χ1v) is 8.46. The molecule has 0 nitrogen and oxygen atoms in total. The van der Waals surface area contributed by atoms with Crippen LogP contribution in [-0.2, 0) is 0 Å². The lowest BCUT2D eigenvalue weighted by atomic mass is 9.67. The third-order valence-electron chi connectivity index (χ3n) is 4.75. The second-order valence-electron chi connectivity index (χ2n) is 6.21. The van der Waals surface area contributed by atoms with Crippen LogP contribution in [0.1, 0.15) is 23.0 Å². The lowest BCUT2D eigenvalue weighted by Crippen LogP contribution is -2.23. The van der Waals surface area contributed by atoms with Gasteiger partial charge < -0.3 is 0 Å². The highest BCUT2D eigenvalue weighted by atomic mass is 14.4. The average molecular weight is 308 g/mol. The molecule has 0 unspecified atom stereocenters. The molecule has 24 heavy (non-hydrogen) atoms. The van der Waals surface area contributed by atoms with E-state index in [1.54, 1.807) is 0 Å². The Bertz CT molecular complexity index is 546. The van der Waals surface area contributed by atoms with Crippen LogP contribution in [0.15, 0.2) is 60.7 Å². The Balaban J connectivity index is 1.76. The number of hydrogen-bond acceptors (Lipinski definition) is 0. The van der Waals surface area contributed by atoms with Gasteiger partial charge in [-0.05, 0) is 86.2 Å². The predicted molar refractivity (Wildman–Crippen MR) is 99.3 cm³/mol. The summed E-state index contributed by atoms with van der Waals surface area (Å²) in [4.78, 5) is 0. The molecular formula is C24H20. The van der Waals surface area contributed by atoms with E-state index in [4.69, 9.17) is 0 Å². The molecule has 116 valence electrons. The van der Waals surface area contributed by atoms with Gasteiger partial charge in [-0.1, -0.05) is 60.7 Å². The first-order valence-electron chi connectivity index (χ1n) is 8.46. The SMILES string of the molecule is [CH]1[CH][CH][C]([C@H](c2ccccc2)[C@@H]([C]2[CH][CH][CH][CH]2)c2ccccc2)[CH]1. The smallest absolute Gasteiger partial charge is 0.00192 e. The molecule has 0 N–H and O–H groups in total. The Morgan fingerprint density at radius 1 is 0.417 bits per heavy atom. The van der Waals surface area contributed by atoms with Crippen molar-refractivity contribution >= 4 is 0 Å². The van der Waals surface area contributed by atoms with Crippen molar-refractivity contribution in [3.05, 3.63) is 135 Å². The Morgan fingerprint density at radius 3 is 1.08 bits per heavy atom. The van der Waals surface area contributed by atoms with Crippen molar-refractivity contribution in [3.63, 3.8) is 0 Å². The average Bonchev–Trinajstić information content (AvgIpc) is 3.35. The summed E-state index contributed by atoms with van der Waals surface area (Å²) in [5, 5.41) is 0. The maximum Gasteiger partial charge on any atom is -0.00192 e. The van der Waals surface area contributed by atoms with Crippen LogP contribution in [-0.4, -0.2) is 0 Å². The highest BCUT2D eigenvalue weighted by molar-refractivity contribution is 5.52. The minimum atomic E-state index is 0.311. The minimum absolute atomic E-state index is 0.311. The highest BCUT2D eigenvalue weighted by Crippen LogP contribution is 2.52. The van der Waals surface area contributed by atoms with Gasteiger partial charge in [0.2, 0.25) is 0 Å². The Morgan fingerprint density at radius 2 is 0.750 bits per heavy atom. The summed E-state index contributed by atoms with van der Waals surface area (Å²) in [6.45, 7) is 0. The lowest BCUT2D eigenvalue weighted by molar-refractivity contribution is 0.603. The molecule has 2 fully saturated rings. The molecule has 4 rings (SSSR count). The van der Waals surface area contributed by atoms with Gasteiger partial charge in [0.05, 0.1) is 0 Å². The summed E-state index contributed by atoms with van der Waals surface area (Å²) in [5.74, 6) is 3.37. The fraction of sp³-hybridized carbons (Fsp3) is 0.0833. The molecule has 0 bridgehead atoms. The van der Waals surface area contributed by atoms with Crippen LogP contribution < -0.4 is 0 Å². The van der Waals surface area contributed by atoms with Crippen LogP contribution in [0.5, 0.6) is 0 Å². The monoisotopic (exact) mass is 308 g/mol. The zero-order chi connectivity index (χ0) is 16.2. The van der Waals surface area contributed by atoms with Crippen LogP contribution in [0, 0.1) is 63.2 Å². The quantitative estimate of drug-likeness (QED) is 0.697. The Kier molecular flexibility index (Phi) is 5.02. The molecule has 0 saturated heterocycles. The zero-order valence-corrected chi connectivity index (χ0v) is 13.5. The van der Waals surface area contributed by atoms with Gasteiger partial charge in [0, 0.05) is 0 Å². The molecule has 0 aromatic heterocycles. The molecule has 0 heteroatoms. The molecule has 2 aliphatic carbocycles. The van der Waals surface area contributed by atoms with Crippen molar-refractivity contribution in [3.8, 4) is 0 Å². The van der Waals surface area contributed by atoms with Gasteiger partial charge in [-0.25, -0.2) is 0 Å². The number of hydrogen-bond donors (Lipinski definition) is 0. The van der Waals surface area contributed by atoms with Crippen LogP contribution in [0.25, 0.3) is 0 Å². The van der Waals surface area contributed by atoms with E-state index in [1.165, 1.54) is 23.0 Å². The molecule has 2 aromatic rings. The van der Waals surface area contributed by atoms with Gasteiger partial charge in [0.25, 0.3) is 0 Å². The first kappa shape index (κ1) is 15.9. The van der Waals surface area contributed by atoms with Crippen LogP contribution >= 0.6 is 0 Å². The van der Waals surface area contributed by atoms with E-state index in [2.05, 4.69) is 112 Å². The van der Waals surface area contributed by atoms with E-state index in [0.717, 1.165) is 0 Å². The van der Waals surface area contributed by atoms with E-state index in [1.807, 2.05) is 0 Å². The number of rotatable bonds is 5. The molecule has 0 spiro atoms. The van der Waals surface area contributed by atoms with E-state index in [9.17, 15) is 0 Å². The summed E-state index contributed by atoms with van der Waals surface area (Å²) in [6, 6.07) is 21.7. The molecular weight excluding hydrogens is 288 g/mol. The molecule has 2 atom stereocenters. The molecule has 2 aromatic carbocycles. The molecule has 2 aliphatic rings. The van der Waals surface area contributed by atoms with Gasteiger partial charge >= 0.3 is 0 Å². The highest BCUT2D eigenvalue weighted by Gasteiger charge is 2.39. The van der Waals surface area contributed by atoms with Gasteiger partial charge in [-0.2, -0.15) is 0 Å². The van der Waals surface area contributed by atoms with Gasteiger partial charge in [-0.15, -0.1) is 0 Å². The van der Waals surface area contributed by atoms with E-state index >= 15 is 0 Å². The third kappa shape index (κ3) is 3.29. The van der Waals surface area contributed by atoms with Crippen molar-refractivity contribution < 1.29 is 0 Å². The minimum Gasteiger partial charge on any atom is -0.0622 e. The van der Waals surface area contributed by atoms with Crippen molar-refractivity contribution in [2.24, 2.45) is 0 Å². The normalized spacial score (nSPS) is 21.8. The van der Waals surface area contributed by atoms with Crippen molar-refractivity contribution in [2.75, 3.05) is 0 Å². The summed E-state index contributed by atoms with van der Waals surface area (Å²) in [6.07, 6.45) is 17.5. The first-order chi connectivity index (χ1) is 11.9. The maximum absolute atomic E-state index is 2.25. The lowest BCUT2D eigenvalue weighted by Gasteiger charge is -2.35. The molecule has 0 amide bonds. The Labute approximate surface area is 147 Å². The summed E-state index contributed by atoms with van der Waals surface area (Å²) in [7, 11) is 0. The summed E-state index contributed by atoms with van der Waals surface area (Å²) >= 11 is 0. The maximum atomic E-state index is 2.25. The van der Waals surface area contributed by atoms with Crippen LogP contribution in [0.3, 0.4) is 0 Å². The summed E-state index contributed by atoms with van der Waals surface area (Å²) in [5.41, 5.74) is 2.72. The standard InChI is InChI=1S/C24H20/c1-3-11-19(12-4-1)23(21-15-7-8-16-21)24(22-17-9-10-18-22)20-13-5-2-6-14-20/h1-18,23-24H/t23-,24+. The predicted octanol–water partition coefficient (Wildman–Crippen LogP) is 5.36. The number of benzene rings is 2. The van der Waals surface area contributed by atoms with Crippen LogP contribution in [0.4, 0.5) is 0 Å². The topological polar surface area (TPSA) is 0 Å². The van der Waals surface area contributed by atoms with Crippen LogP contribution in [0.2, 0.25) is 0 Å².